The Morgan fingerprint density at radius 3 is 2.35 bits per heavy atom. The number of hydrogen-bond acceptors (Lipinski definition) is 3. The van der Waals surface area contributed by atoms with Crippen LogP contribution in [0.3, 0.4) is 0 Å². The minimum Gasteiger partial charge on any atom is -0.506 e. The standard InChI is InChI=1S/C12H6Cl2F3NO2/c13-8-4-7(1-2-10(8)19)20-11-9(14)3-6(5-18-11)12(15,16)17/h1-5,19H. The molecule has 20 heavy (non-hydrogen) atoms. The van der Waals surface area contributed by atoms with E-state index >= 15 is 0 Å². The van der Waals surface area contributed by atoms with Crippen molar-refractivity contribution in [1.82, 2.24) is 4.98 Å². The molecule has 0 atom stereocenters. The smallest absolute Gasteiger partial charge is 0.417 e. The molecular weight excluding hydrogens is 318 g/mol. The molecule has 106 valence electrons. The van der Waals surface area contributed by atoms with E-state index < -0.39 is 11.7 Å². The highest BCUT2D eigenvalue weighted by Crippen LogP contribution is 2.35. The number of aromatic hydroxyl groups is 1. The number of halogens is 5. The molecule has 0 aliphatic rings. The predicted molar refractivity (Wildman–Crippen MR) is 67.4 cm³/mol. The molecule has 8 heteroatoms. The lowest BCUT2D eigenvalue weighted by Crippen LogP contribution is -2.05. The molecular formula is C12H6Cl2F3NO2. The maximum Gasteiger partial charge on any atom is 0.417 e. The molecule has 3 nitrogen and oxygen atoms in total. The maximum atomic E-state index is 12.4. The van der Waals surface area contributed by atoms with Crippen molar-refractivity contribution in [1.29, 1.82) is 0 Å². The van der Waals surface area contributed by atoms with E-state index in [9.17, 15) is 18.3 Å². The summed E-state index contributed by atoms with van der Waals surface area (Å²) >= 11 is 11.4. The Morgan fingerprint density at radius 1 is 1.10 bits per heavy atom. The van der Waals surface area contributed by atoms with E-state index in [2.05, 4.69) is 4.98 Å². The van der Waals surface area contributed by atoms with Crippen LogP contribution in [-0.4, -0.2) is 10.1 Å². The zero-order valence-corrected chi connectivity index (χ0v) is 11.1. The number of pyridine rings is 1. The highest BCUT2D eigenvalue weighted by molar-refractivity contribution is 6.32. The number of phenols is 1. The summed E-state index contributed by atoms with van der Waals surface area (Å²) in [6, 6.07) is 4.64. The second kappa shape index (κ2) is 5.38. The molecule has 1 aromatic carbocycles. The molecule has 0 aliphatic heterocycles. The first-order valence-electron chi connectivity index (χ1n) is 5.16. The number of aromatic nitrogens is 1. The Labute approximate surface area is 121 Å². The molecule has 0 unspecified atom stereocenters. The quantitative estimate of drug-likeness (QED) is 0.854. The Balaban J connectivity index is 2.28. The van der Waals surface area contributed by atoms with Crippen LogP contribution >= 0.6 is 23.2 Å². The van der Waals surface area contributed by atoms with Gasteiger partial charge in [0.05, 0.1) is 10.6 Å². The first kappa shape index (κ1) is 14.7. The molecule has 1 heterocycles. The molecule has 0 spiro atoms. The molecule has 0 radical (unpaired) electrons. The van der Waals surface area contributed by atoms with Crippen LogP contribution in [0.2, 0.25) is 10.0 Å². The lowest BCUT2D eigenvalue weighted by Gasteiger charge is -2.10. The second-order valence-corrected chi connectivity index (χ2v) is 4.54. The first-order valence-corrected chi connectivity index (χ1v) is 5.92. The maximum absolute atomic E-state index is 12.4. The summed E-state index contributed by atoms with van der Waals surface area (Å²) in [5.41, 5.74) is -0.974. The van der Waals surface area contributed by atoms with Crippen LogP contribution in [0.25, 0.3) is 0 Å². The number of ether oxygens (including phenoxy) is 1. The molecule has 1 aromatic heterocycles. The zero-order chi connectivity index (χ0) is 14.9. The third-order valence-corrected chi connectivity index (χ3v) is 2.84. The van der Waals surface area contributed by atoms with Gasteiger partial charge in [-0.2, -0.15) is 13.2 Å². The van der Waals surface area contributed by atoms with Crippen molar-refractivity contribution in [2.45, 2.75) is 6.18 Å². The van der Waals surface area contributed by atoms with Crippen molar-refractivity contribution < 1.29 is 23.0 Å². The van der Waals surface area contributed by atoms with Gasteiger partial charge in [0.1, 0.15) is 16.5 Å². The lowest BCUT2D eigenvalue weighted by molar-refractivity contribution is -0.137. The van der Waals surface area contributed by atoms with Gasteiger partial charge in [-0.25, -0.2) is 4.98 Å². The topological polar surface area (TPSA) is 42.4 Å². The normalized spacial score (nSPS) is 11.4. The van der Waals surface area contributed by atoms with Gasteiger partial charge in [0.2, 0.25) is 5.88 Å². The van der Waals surface area contributed by atoms with E-state index in [4.69, 9.17) is 27.9 Å². The SMILES string of the molecule is Oc1ccc(Oc2ncc(C(F)(F)F)cc2Cl)cc1Cl. The van der Waals surface area contributed by atoms with Crippen LogP contribution < -0.4 is 4.74 Å². The van der Waals surface area contributed by atoms with Gasteiger partial charge in [-0.1, -0.05) is 23.2 Å². The van der Waals surface area contributed by atoms with Crippen molar-refractivity contribution in [2.75, 3.05) is 0 Å². The van der Waals surface area contributed by atoms with Crippen molar-refractivity contribution in [3.63, 3.8) is 0 Å². The molecule has 2 rings (SSSR count). The highest BCUT2D eigenvalue weighted by atomic mass is 35.5. The molecule has 0 bridgehead atoms. The van der Waals surface area contributed by atoms with Gasteiger partial charge in [-0.3, -0.25) is 0 Å². The Morgan fingerprint density at radius 2 is 1.80 bits per heavy atom. The van der Waals surface area contributed by atoms with Gasteiger partial charge in [0.25, 0.3) is 0 Å². The van der Waals surface area contributed by atoms with Crippen molar-refractivity contribution >= 4 is 23.2 Å². The molecule has 0 saturated heterocycles. The van der Waals surface area contributed by atoms with Crippen molar-refractivity contribution in [2.24, 2.45) is 0 Å². The summed E-state index contributed by atoms with van der Waals surface area (Å²) < 4.78 is 42.5. The third kappa shape index (κ3) is 3.26. The molecule has 0 saturated carbocycles. The van der Waals surface area contributed by atoms with Gasteiger partial charge in [0, 0.05) is 12.3 Å². The summed E-state index contributed by atoms with van der Waals surface area (Å²) in [6.07, 6.45) is -3.92. The Kier molecular flexibility index (Phi) is 3.96. The average molecular weight is 324 g/mol. The summed E-state index contributed by atoms with van der Waals surface area (Å²) in [6.45, 7) is 0. The fourth-order valence-electron chi connectivity index (χ4n) is 1.32. The lowest BCUT2D eigenvalue weighted by atomic mass is 10.3. The minimum absolute atomic E-state index is 0.0329. The largest absolute Gasteiger partial charge is 0.506 e. The Hall–Kier alpha value is -1.66. The molecule has 1 N–H and O–H groups in total. The molecule has 0 amide bonds. The molecule has 0 aliphatic carbocycles. The number of nitrogens with zero attached hydrogens (tertiary/aromatic N) is 1. The van der Waals surface area contributed by atoms with Gasteiger partial charge in [-0.15, -0.1) is 0 Å². The van der Waals surface area contributed by atoms with E-state index in [1.807, 2.05) is 0 Å². The van der Waals surface area contributed by atoms with Crippen LogP contribution in [-0.2, 0) is 6.18 Å². The number of rotatable bonds is 2. The van der Waals surface area contributed by atoms with Crippen LogP contribution in [0.15, 0.2) is 30.5 Å². The van der Waals surface area contributed by atoms with Crippen LogP contribution in [0.4, 0.5) is 13.2 Å². The third-order valence-electron chi connectivity index (χ3n) is 2.27. The predicted octanol–water partition coefficient (Wildman–Crippen LogP) is 4.91. The number of alkyl halides is 3. The highest BCUT2D eigenvalue weighted by Gasteiger charge is 2.31. The average Bonchev–Trinajstić information content (AvgIpc) is 2.35. The van der Waals surface area contributed by atoms with E-state index in [0.717, 1.165) is 0 Å². The fraction of sp³-hybridized carbons (Fsp3) is 0.0833. The van der Waals surface area contributed by atoms with E-state index in [-0.39, 0.29) is 27.4 Å². The van der Waals surface area contributed by atoms with Gasteiger partial charge in [-0.05, 0) is 18.2 Å². The monoisotopic (exact) mass is 323 g/mol. The van der Waals surface area contributed by atoms with E-state index in [0.29, 0.717) is 12.3 Å². The summed E-state index contributed by atoms with van der Waals surface area (Å²) in [5, 5.41) is 8.98. The number of phenolic OH excluding ortho intramolecular Hbond substituents is 1. The number of hydrogen-bond donors (Lipinski definition) is 1. The summed E-state index contributed by atoms with van der Waals surface area (Å²) in [7, 11) is 0. The van der Waals surface area contributed by atoms with Crippen molar-refractivity contribution in [3.05, 3.63) is 46.1 Å². The van der Waals surface area contributed by atoms with E-state index in [1.165, 1.54) is 18.2 Å². The molecule has 0 fully saturated rings. The van der Waals surface area contributed by atoms with Gasteiger partial charge >= 0.3 is 6.18 Å². The summed E-state index contributed by atoms with van der Waals surface area (Å²) in [4.78, 5) is 3.51. The fourth-order valence-corrected chi connectivity index (χ4v) is 1.69. The second-order valence-electron chi connectivity index (χ2n) is 3.72. The van der Waals surface area contributed by atoms with Crippen LogP contribution in [0, 0.1) is 0 Å². The molecule has 2 aromatic rings. The zero-order valence-electron chi connectivity index (χ0n) is 9.58. The van der Waals surface area contributed by atoms with Crippen LogP contribution in [0.5, 0.6) is 17.4 Å². The Bertz CT molecular complexity index is 647. The van der Waals surface area contributed by atoms with Gasteiger partial charge in [0.15, 0.2) is 0 Å². The number of benzene rings is 1. The van der Waals surface area contributed by atoms with E-state index in [1.54, 1.807) is 0 Å². The first-order chi connectivity index (χ1) is 9.27. The summed E-state index contributed by atoms with van der Waals surface area (Å²) in [5.74, 6) is -0.158. The van der Waals surface area contributed by atoms with Gasteiger partial charge < -0.3 is 9.84 Å². The van der Waals surface area contributed by atoms with Crippen molar-refractivity contribution in [3.8, 4) is 17.4 Å². The van der Waals surface area contributed by atoms with Crippen LogP contribution in [0.1, 0.15) is 5.56 Å². The minimum atomic E-state index is -4.53.